The van der Waals surface area contributed by atoms with Crippen molar-refractivity contribution in [1.29, 1.82) is 0 Å². The molecule has 1 aliphatic heterocycles. The summed E-state index contributed by atoms with van der Waals surface area (Å²) in [6, 6.07) is 2.02. The summed E-state index contributed by atoms with van der Waals surface area (Å²) in [7, 11) is 0. The van der Waals surface area contributed by atoms with Crippen LogP contribution in [0.25, 0.3) is 10.9 Å². The van der Waals surface area contributed by atoms with E-state index < -0.39 is 0 Å². The summed E-state index contributed by atoms with van der Waals surface area (Å²) >= 11 is 0. The first-order chi connectivity index (χ1) is 10.6. The number of terminal acetylenes is 1. The minimum absolute atomic E-state index is 0.192. The highest BCUT2D eigenvalue weighted by Crippen LogP contribution is 2.54. The number of nitrogens with one attached hydrogen (secondary N) is 1. The molecule has 2 fully saturated rings. The van der Waals surface area contributed by atoms with Gasteiger partial charge in [-0.15, -0.1) is 6.42 Å². The van der Waals surface area contributed by atoms with Crippen molar-refractivity contribution >= 4 is 16.6 Å². The lowest BCUT2D eigenvalue weighted by atomic mass is 9.92. The van der Waals surface area contributed by atoms with Gasteiger partial charge in [0.2, 0.25) is 0 Å². The fourth-order valence-corrected chi connectivity index (χ4v) is 3.63. The number of pyridine rings is 2. The van der Waals surface area contributed by atoms with Crippen molar-refractivity contribution in [2.75, 3.05) is 18.0 Å². The minimum Gasteiger partial charge on any atom is -0.370 e. The molecule has 0 bridgehead atoms. The number of nitrogens with zero attached hydrogens (tertiary/aromatic N) is 2. The lowest BCUT2D eigenvalue weighted by Crippen LogP contribution is -2.36. The predicted molar refractivity (Wildman–Crippen MR) is 88.1 cm³/mol. The molecule has 22 heavy (non-hydrogen) atoms. The summed E-state index contributed by atoms with van der Waals surface area (Å²) in [6.07, 6.45) is 12.5. The number of anilines is 1. The van der Waals surface area contributed by atoms with Crippen LogP contribution in [0.1, 0.15) is 36.9 Å². The second-order valence-electron chi connectivity index (χ2n) is 6.68. The SMILES string of the molecule is C#Cc1c(N2CCC3(CC2)CC3)c2cc(C)ncc2[nH]c1=O. The highest BCUT2D eigenvalue weighted by molar-refractivity contribution is 5.94. The first-order valence-electron chi connectivity index (χ1n) is 7.86. The van der Waals surface area contributed by atoms with Crippen LogP contribution in [0, 0.1) is 24.7 Å². The van der Waals surface area contributed by atoms with Gasteiger partial charge in [0.05, 0.1) is 17.4 Å². The number of hydrogen-bond donors (Lipinski definition) is 1. The van der Waals surface area contributed by atoms with E-state index in [4.69, 9.17) is 6.42 Å². The van der Waals surface area contributed by atoms with Crippen LogP contribution in [0.2, 0.25) is 0 Å². The molecule has 1 spiro atoms. The van der Waals surface area contributed by atoms with Gasteiger partial charge in [-0.3, -0.25) is 9.78 Å². The molecule has 1 aliphatic carbocycles. The lowest BCUT2D eigenvalue weighted by molar-refractivity contribution is 0.385. The second-order valence-corrected chi connectivity index (χ2v) is 6.68. The average Bonchev–Trinajstić information content (AvgIpc) is 3.27. The van der Waals surface area contributed by atoms with Crippen LogP contribution < -0.4 is 10.5 Å². The van der Waals surface area contributed by atoms with Crippen LogP contribution in [-0.4, -0.2) is 23.1 Å². The van der Waals surface area contributed by atoms with Gasteiger partial charge in [0, 0.05) is 24.2 Å². The van der Waals surface area contributed by atoms with Crippen LogP contribution in [0.5, 0.6) is 0 Å². The maximum absolute atomic E-state index is 12.3. The number of hydrogen-bond acceptors (Lipinski definition) is 3. The third kappa shape index (κ3) is 2.00. The number of aromatic amines is 1. The Kier molecular flexibility index (Phi) is 2.80. The Bertz CT molecular complexity index is 845. The van der Waals surface area contributed by atoms with Crippen LogP contribution in [0.15, 0.2) is 17.1 Å². The molecule has 2 aliphatic rings. The average molecular weight is 293 g/mol. The van der Waals surface area contributed by atoms with Gasteiger partial charge in [-0.2, -0.15) is 0 Å². The van der Waals surface area contributed by atoms with Gasteiger partial charge in [-0.1, -0.05) is 5.92 Å². The molecule has 1 saturated heterocycles. The maximum Gasteiger partial charge on any atom is 0.266 e. The molecule has 3 heterocycles. The third-order valence-corrected chi connectivity index (χ3v) is 5.25. The molecule has 1 N–H and O–H groups in total. The number of fused-ring (bicyclic) bond motifs is 1. The summed E-state index contributed by atoms with van der Waals surface area (Å²) < 4.78 is 0. The molecule has 4 heteroatoms. The van der Waals surface area contributed by atoms with E-state index in [-0.39, 0.29) is 5.56 Å². The monoisotopic (exact) mass is 293 g/mol. The van der Waals surface area contributed by atoms with Gasteiger partial charge >= 0.3 is 0 Å². The lowest BCUT2D eigenvalue weighted by Gasteiger charge is -2.35. The fraction of sp³-hybridized carbons (Fsp3) is 0.444. The summed E-state index contributed by atoms with van der Waals surface area (Å²) in [6.45, 7) is 3.92. The number of aryl methyl sites for hydroxylation is 1. The largest absolute Gasteiger partial charge is 0.370 e. The Morgan fingerprint density at radius 1 is 1.32 bits per heavy atom. The quantitative estimate of drug-likeness (QED) is 0.822. The van der Waals surface area contributed by atoms with E-state index in [2.05, 4.69) is 20.8 Å². The van der Waals surface area contributed by atoms with Crippen molar-refractivity contribution in [3.8, 4) is 12.3 Å². The molecule has 4 nitrogen and oxygen atoms in total. The highest BCUT2D eigenvalue weighted by Gasteiger charge is 2.44. The zero-order valence-corrected chi connectivity index (χ0v) is 12.8. The normalized spacial score (nSPS) is 19.4. The van der Waals surface area contributed by atoms with Crippen molar-refractivity contribution in [2.24, 2.45) is 5.41 Å². The van der Waals surface area contributed by atoms with Crippen molar-refractivity contribution in [3.63, 3.8) is 0 Å². The van der Waals surface area contributed by atoms with Crippen LogP contribution in [0.4, 0.5) is 5.69 Å². The molecule has 0 unspecified atom stereocenters. The Balaban J connectivity index is 1.88. The zero-order valence-electron chi connectivity index (χ0n) is 12.8. The molecular formula is C18H19N3O. The zero-order chi connectivity index (χ0) is 15.3. The summed E-state index contributed by atoms with van der Waals surface area (Å²) in [5.74, 6) is 2.60. The summed E-state index contributed by atoms with van der Waals surface area (Å²) in [5, 5.41) is 1.01. The number of aromatic nitrogens is 2. The molecule has 2 aromatic rings. The Hall–Kier alpha value is -2.28. The molecule has 0 atom stereocenters. The number of piperidine rings is 1. The highest BCUT2D eigenvalue weighted by atomic mass is 16.1. The van der Waals surface area contributed by atoms with Crippen LogP contribution in [0.3, 0.4) is 0 Å². The Morgan fingerprint density at radius 3 is 2.68 bits per heavy atom. The minimum atomic E-state index is -0.192. The van der Waals surface area contributed by atoms with Crippen molar-refractivity contribution in [1.82, 2.24) is 9.97 Å². The predicted octanol–water partition coefficient (Wildman–Crippen LogP) is 2.59. The maximum atomic E-state index is 12.3. The van der Waals surface area contributed by atoms with E-state index in [0.717, 1.165) is 35.4 Å². The Labute approximate surface area is 129 Å². The fourth-order valence-electron chi connectivity index (χ4n) is 3.63. The van der Waals surface area contributed by atoms with E-state index in [1.54, 1.807) is 6.20 Å². The Morgan fingerprint density at radius 2 is 2.05 bits per heavy atom. The third-order valence-electron chi connectivity index (χ3n) is 5.25. The summed E-state index contributed by atoms with van der Waals surface area (Å²) in [5.41, 5.74) is 3.46. The van der Waals surface area contributed by atoms with E-state index in [1.165, 1.54) is 25.7 Å². The van der Waals surface area contributed by atoms with Crippen molar-refractivity contribution in [3.05, 3.63) is 33.9 Å². The number of H-pyrrole nitrogens is 1. The smallest absolute Gasteiger partial charge is 0.266 e. The summed E-state index contributed by atoms with van der Waals surface area (Å²) in [4.78, 5) is 21.7. The molecule has 2 aromatic heterocycles. The molecule has 4 rings (SSSR count). The molecule has 1 saturated carbocycles. The van der Waals surface area contributed by atoms with E-state index in [0.29, 0.717) is 11.0 Å². The van der Waals surface area contributed by atoms with Crippen molar-refractivity contribution < 1.29 is 0 Å². The molecule has 0 aromatic carbocycles. The molecule has 0 radical (unpaired) electrons. The standard InChI is InChI=1S/C18H19N3O/c1-3-13-16(21-8-6-18(4-5-18)7-9-21)14-10-12(2)19-11-15(14)20-17(13)22/h1,10-11H,4-9H2,2H3,(H,20,22). The van der Waals surface area contributed by atoms with E-state index >= 15 is 0 Å². The molecule has 112 valence electrons. The van der Waals surface area contributed by atoms with Gasteiger partial charge in [-0.25, -0.2) is 0 Å². The van der Waals surface area contributed by atoms with Crippen LogP contribution in [-0.2, 0) is 0 Å². The van der Waals surface area contributed by atoms with Gasteiger partial charge < -0.3 is 9.88 Å². The van der Waals surface area contributed by atoms with Gasteiger partial charge in [0.15, 0.2) is 0 Å². The van der Waals surface area contributed by atoms with E-state index in [1.807, 2.05) is 13.0 Å². The first-order valence-corrected chi connectivity index (χ1v) is 7.86. The first kappa shape index (κ1) is 13.4. The molecule has 0 amide bonds. The number of rotatable bonds is 1. The van der Waals surface area contributed by atoms with Crippen molar-refractivity contribution in [2.45, 2.75) is 32.6 Å². The topological polar surface area (TPSA) is 49.0 Å². The van der Waals surface area contributed by atoms with E-state index in [9.17, 15) is 4.79 Å². The molecular weight excluding hydrogens is 274 g/mol. The van der Waals surface area contributed by atoms with Crippen LogP contribution >= 0.6 is 0 Å². The van der Waals surface area contributed by atoms with Gasteiger partial charge in [-0.05, 0) is 44.1 Å². The van der Waals surface area contributed by atoms with Gasteiger partial charge in [0.25, 0.3) is 5.56 Å². The van der Waals surface area contributed by atoms with Gasteiger partial charge in [0.1, 0.15) is 5.56 Å². The second kappa shape index (κ2) is 4.61.